The molecule has 0 radical (unpaired) electrons. The predicted molar refractivity (Wildman–Crippen MR) is 127 cm³/mol. The Hall–Kier alpha value is -2.39. The van der Waals surface area contributed by atoms with Crippen LogP contribution in [0.15, 0.2) is 11.0 Å². The van der Waals surface area contributed by atoms with Crippen LogP contribution >= 0.6 is 23.1 Å². The van der Waals surface area contributed by atoms with Crippen molar-refractivity contribution in [3.63, 3.8) is 0 Å². The summed E-state index contributed by atoms with van der Waals surface area (Å²) in [4.78, 5) is 40.8. The van der Waals surface area contributed by atoms with E-state index >= 15 is 0 Å². The molecule has 0 aromatic carbocycles. The quantitative estimate of drug-likeness (QED) is 0.575. The molecule has 1 N–H and O–H groups in total. The number of thioether (sulfide) groups is 1. The van der Waals surface area contributed by atoms with Crippen molar-refractivity contribution in [2.45, 2.75) is 52.2 Å². The van der Waals surface area contributed by atoms with E-state index in [1.807, 2.05) is 34.6 Å². The molecule has 1 unspecified atom stereocenters. The van der Waals surface area contributed by atoms with Crippen LogP contribution in [0.2, 0.25) is 0 Å². The van der Waals surface area contributed by atoms with Gasteiger partial charge >= 0.3 is 0 Å². The smallest absolute Gasteiger partial charge is 0.259 e. The first-order valence-electron chi connectivity index (χ1n) is 9.98. The van der Waals surface area contributed by atoms with E-state index in [0.29, 0.717) is 23.5 Å². The van der Waals surface area contributed by atoms with Gasteiger partial charge in [-0.25, -0.2) is 4.98 Å². The molecule has 3 aromatic rings. The number of fused-ring (bicyclic) bond motifs is 1. The van der Waals surface area contributed by atoms with Crippen LogP contribution in [0.5, 0.6) is 5.75 Å². The molecule has 3 aromatic heterocycles. The topological polar surface area (TPSA) is 88.2 Å². The number of nitrogens with one attached hydrogen (secondary N) is 1. The van der Waals surface area contributed by atoms with Gasteiger partial charge in [-0.2, -0.15) is 0 Å². The number of thiophene rings is 1. The molecule has 0 aliphatic rings. The molecule has 7 nitrogen and oxygen atoms in total. The molecule has 0 saturated heterocycles. The molecule has 0 fully saturated rings. The van der Waals surface area contributed by atoms with Crippen molar-refractivity contribution in [1.82, 2.24) is 19.9 Å². The molecule has 0 spiro atoms. The van der Waals surface area contributed by atoms with Crippen molar-refractivity contribution in [3.05, 3.63) is 49.6 Å². The maximum absolute atomic E-state index is 12.9. The lowest BCUT2D eigenvalue weighted by molar-refractivity contribution is -0.129. The first-order valence-corrected chi connectivity index (χ1v) is 11.8. The minimum absolute atomic E-state index is 0.00280. The minimum Gasteiger partial charge on any atom is -0.496 e. The van der Waals surface area contributed by atoms with Crippen molar-refractivity contribution >= 4 is 39.2 Å². The standard InChI is InChI=1S/C22H28N4O3S2/c1-11-8-23-16(13(3)19(11)29-7)9-26(6)22(28)15(5)30-10-17-24-20(27)18-12(2)14(4)31-21(18)25-17/h8,15H,9-10H2,1-7H3,(H,24,25,27). The Morgan fingerprint density at radius 1 is 1.29 bits per heavy atom. The number of carbonyl (C=O) groups excluding carboxylic acids is 1. The molecular weight excluding hydrogens is 432 g/mol. The Morgan fingerprint density at radius 3 is 2.68 bits per heavy atom. The molecule has 9 heteroatoms. The average molecular weight is 461 g/mol. The van der Waals surface area contributed by atoms with Gasteiger partial charge < -0.3 is 14.6 Å². The lowest BCUT2D eigenvalue weighted by atomic mass is 10.1. The summed E-state index contributed by atoms with van der Waals surface area (Å²) in [5.74, 6) is 1.85. The molecule has 3 rings (SSSR count). The van der Waals surface area contributed by atoms with Crippen LogP contribution in [0.4, 0.5) is 0 Å². The van der Waals surface area contributed by atoms with Crippen LogP contribution in [-0.2, 0) is 17.1 Å². The summed E-state index contributed by atoms with van der Waals surface area (Å²) in [5, 5.41) is 0.377. The van der Waals surface area contributed by atoms with Gasteiger partial charge in [-0.15, -0.1) is 23.1 Å². The Morgan fingerprint density at radius 2 is 2.00 bits per heavy atom. The molecule has 31 heavy (non-hydrogen) atoms. The highest BCUT2D eigenvalue weighted by Crippen LogP contribution is 2.27. The van der Waals surface area contributed by atoms with Gasteiger partial charge in [0.1, 0.15) is 16.4 Å². The molecule has 0 saturated carbocycles. The summed E-state index contributed by atoms with van der Waals surface area (Å²) in [6.07, 6.45) is 1.77. The maximum atomic E-state index is 12.9. The summed E-state index contributed by atoms with van der Waals surface area (Å²) in [5.41, 5.74) is 3.59. The van der Waals surface area contributed by atoms with E-state index in [4.69, 9.17) is 4.74 Å². The van der Waals surface area contributed by atoms with Crippen LogP contribution in [0.1, 0.15) is 40.0 Å². The molecule has 1 atom stereocenters. The normalized spacial score (nSPS) is 12.2. The SMILES string of the molecule is COc1c(C)cnc(CN(C)C(=O)C(C)SCc2nc3sc(C)c(C)c3c(=O)[nH]2)c1C. The van der Waals surface area contributed by atoms with Gasteiger partial charge in [-0.3, -0.25) is 14.6 Å². The fourth-order valence-corrected chi connectivity index (χ4v) is 5.40. The fraction of sp³-hybridized carbons (Fsp3) is 0.455. The first kappa shape index (κ1) is 23.3. The lowest BCUT2D eigenvalue weighted by Gasteiger charge is -2.22. The zero-order valence-corrected chi connectivity index (χ0v) is 20.6. The monoisotopic (exact) mass is 460 g/mol. The highest BCUT2D eigenvalue weighted by Gasteiger charge is 2.21. The van der Waals surface area contributed by atoms with Gasteiger partial charge in [0.25, 0.3) is 5.56 Å². The van der Waals surface area contributed by atoms with Crippen LogP contribution in [0, 0.1) is 27.7 Å². The van der Waals surface area contributed by atoms with E-state index in [1.165, 1.54) is 23.1 Å². The predicted octanol–water partition coefficient (Wildman–Crippen LogP) is 3.90. The highest BCUT2D eigenvalue weighted by atomic mass is 32.2. The number of hydrogen-bond acceptors (Lipinski definition) is 7. The van der Waals surface area contributed by atoms with Gasteiger partial charge in [0.2, 0.25) is 5.91 Å². The van der Waals surface area contributed by atoms with E-state index in [2.05, 4.69) is 15.0 Å². The molecule has 0 bridgehead atoms. The summed E-state index contributed by atoms with van der Waals surface area (Å²) >= 11 is 2.98. The molecular formula is C22H28N4O3S2. The van der Waals surface area contributed by atoms with Gasteiger partial charge in [0, 0.05) is 29.2 Å². The highest BCUT2D eigenvalue weighted by molar-refractivity contribution is 7.99. The number of aryl methyl sites for hydroxylation is 3. The first-order chi connectivity index (χ1) is 14.6. The number of ether oxygens (including phenoxy) is 1. The number of nitrogens with zero attached hydrogens (tertiary/aromatic N) is 3. The maximum Gasteiger partial charge on any atom is 0.259 e. The van der Waals surface area contributed by atoms with Crippen molar-refractivity contribution < 1.29 is 9.53 Å². The third-order valence-corrected chi connectivity index (χ3v) is 7.66. The van der Waals surface area contributed by atoms with Crippen LogP contribution in [0.3, 0.4) is 0 Å². The number of aromatic amines is 1. The zero-order chi connectivity index (χ0) is 22.9. The number of carbonyl (C=O) groups is 1. The summed E-state index contributed by atoms with van der Waals surface area (Å²) in [6, 6.07) is 0. The molecule has 166 valence electrons. The number of aromatic nitrogens is 3. The van der Waals surface area contributed by atoms with E-state index in [-0.39, 0.29) is 16.7 Å². The lowest BCUT2D eigenvalue weighted by Crippen LogP contribution is -2.33. The van der Waals surface area contributed by atoms with Crippen molar-refractivity contribution in [2.24, 2.45) is 0 Å². The Bertz CT molecular complexity index is 1190. The number of pyridine rings is 1. The second-order valence-corrected chi connectivity index (χ2v) is 10.2. The van der Waals surface area contributed by atoms with Gasteiger partial charge in [0.15, 0.2) is 0 Å². The van der Waals surface area contributed by atoms with Crippen LogP contribution < -0.4 is 10.3 Å². The third kappa shape index (κ3) is 4.77. The van der Waals surface area contributed by atoms with E-state index in [1.54, 1.807) is 25.3 Å². The number of H-pyrrole nitrogens is 1. The van der Waals surface area contributed by atoms with Crippen LogP contribution in [0.25, 0.3) is 10.2 Å². The van der Waals surface area contributed by atoms with E-state index < -0.39 is 0 Å². The Kier molecular flexibility index (Phi) is 7.06. The summed E-state index contributed by atoms with van der Waals surface area (Å²) in [6.45, 7) is 10.1. The Labute approximate surface area is 190 Å². The Balaban J connectivity index is 1.67. The molecule has 1 amide bonds. The molecule has 3 heterocycles. The average Bonchev–Trinajstić information content (AvgIpc) is 3.02. The largest absolute Gasteiger partial charge is 0.496 e. The van der Waals surface area contributed by atoms with E-state index in [9.17, 15) is 9.59 Å². The van der Waals surface area contributed by atoms with Gasteiger partial charge in [0.05, 0.1) is 35.7 Å². The van der Waals surface area contributed by atoms with Crippen molar-refractivity contribution in [2.75, 3.05) is 14.2 Å². The second-order valence-electron chi connectivity index (χ2n) is 7.67. The number of rotatable bonds is 7. The number of amides is 1. The van der Waals surface area contributed by atoms with Crippen molar-refractivity contribution in [1.29, 1.82) is 0 Å². The van der Waals surface area contributed by atoms with Crippen molar-refractivity contribution in [3.8, 4) is 5.75 Å². The number of methoxy groups -OCH3 is 1. The molecule has 0 aliphatic heterocycles. The summed E-state index contributed by atoms with van der Waals surface area (Å²) < 4.78 is 5.46. The number of hydrogen-bond donors (Lipinski definition) is 1. The fourth-order valence-electron chi connectivity index (χ4n) is 3.49. The van der Waals surface area contributed by atoms with E-state index in [0.717, 1.165) is 37.8 Å². The second kappa shape index (κ2) is 9.40. The van der Waals surface area contributed by atoms with Crippen LogP contribution in [-0.4, -0.2) is 45.2 Å². The summed E-state index contributed by atoms with van der Waals surface area (Å²) in [7, 11) is 3.41. The minimum atomic E-state index is -0.287. The van der Waals surface area contributed by atoms with Gasteiger partial charge in [-0.05, 0) is 40.2 Å². The molecule has 0 aliphatic carbocycles. The zero-order valence-electron chi connectivity index (χ0n) is 19.0. The van der Waals surface area contributed by atoms with Gasteiger partial charge in [-0.1, -0.05) is 0 Å². The third-order valence-electron chi connectivity index (χ3n) is 5.42.